The van der Waals surface area contributed by atoms with Gasteiger partial charge in [0.25, 0.3) is 5.91 Å². The Balaban J connectivity index is 2.44. The van der Waals surface area contributed by atoms with E-state index in [1.807, 2.05) is 0 Å². The number of nitrogens with zero attached hydrogens (tertiary/aromatic N) is 2. The Bertz CT molecular complexity index is 447. The van der Waals surface area contributed by atoms with Gasteiger partial charge in [-0.25, -0.2) is 9.97 Å². The molecule has 0 unspecified atom stereocenters. The molecule has 0 spiro atoms. The Hall–Kier alpha value is -1.73. The van der Waals surface area contributed by atoms with Gasteiger partial charge in [0.1, 0.15) is 5.69 Å². The molecule has 0 radical (unpaired) electrons. The van der Waals surface area contributed by atoms with Crippen molar-refractivity contribution < 1.29 is 14.3 Å². The van der Waals surface area contributed by atoms with Crippen LogP contribution < -0.4 is 10.6 Å². The van der Waals surface area contributed by atoms with Crippen molar-refractivity contribution in [3.63, 3.8) is 0 Å². The molecule has 0 atom stereocenters. The number of hydrogen-bond acceptors (Lipinski definition) is 5. The first-order chi connectivity index (χ1) is 9.02. The van der Waals surface area contributed by atoms with Crippen molar-refractivity contribution in [2.45, 2.75) is 6.92 Å². The summed E-state index contributed by atoms with van der Waals surface area (Å²) >= 11 is 5.65. The molecule has 0 fully saturated rings. The second-order valence-electron chi connectivity index (χ2n) is 3.69. The Labute approximate surface area is 115 Å². The number of amides is 2. The standard InChI is InChI=1S/C11H15ClN4O3/c1-7-5-8(16-11(12)15-7)10(18)14-6-9(17)13-3-4-19-2/h5H,3-4,6H2,1-2H3,(H,13,17)(H,14,18). The summed E-state index contributed by atoms with van der Waals surface area (Å²) in [6.45, 7) is 2.37. The van der Waals surface area contributed by atoms with Crippen LogP contribution >= 0.6 is 11.6 Å². The summed E-state index contributed by atoms with van der Waals surface area (Å²) < 4.78 is 4.78. The largest absolute Gasteiger partial charge is 0.383 e. The maximum Gasteiger partial charge on any atom is 0.270 e. The monoisotopic (exact) mass is 286 g/mol. The van der Waals surface area contributed by atoms with Crippen LogP contribution in [0.4, 0.5) is 0 Å². The van der Waals surface area contributed by atoms with Gasteiger partial charge in [-0.2, -0.15) is 0 Å². The summed E-state index contributed by atoms with van der Waals surface area (Å²) in [7, 11) is 1.54. The highest BCUT2D eigenvalue weighted by Crippen LogP contribution is 2.04. The SMILES string of the molecule is COCCNC(=O)CNC(=O)c1cc(C)nc(Cl)n1. The van der Waals surface area contributed by atoms with E-state index in [0.29, 0.717) is 18.8 Å². The molecule has 8 heteroatoms. The summed E-state index contributed by atoms with van der Waals surface area (Å²) in [6, 6.07) is 1.49. The van der Waals surface area contributed by atoms with Gasteiger partial charge in [0.15, 0.2) is 0 Å². The van der Waals surface area contributed by atoms with E-state index in [0.717, 1.165) is 0 Å². The van der Waals surface area contributed by atoms with Crippen LogP contribution in [0.15, 0.2) is 6.07 Å². The molecule has 0 bridgehead atoms. The summed E-state index contributed by atoms with van der Waals surface area (Å²) in [4.78, 5) is 30.7. The summed E-state index contributed by atoms with van der Waals surface area (Å²) in [5.41, 5.74) is 0.705. The molecule has 0 aliphatic carbocycles. The summed E-state index contributed by atoms with van der Waals surface area (Å²) in [6.07, 6.45) is 0. The van der Waals surface area contributed by atoms with E-state index in [2.05, 4.69) is 20.6 Å². The van der Waals surface area contributed by atoms with E-state index in [1.54, 1.807) is 6.92 Å². The van der Waals surface area contributed by atoms with E-state index in [-0.39, 0.29) is 23.4 Å². The smallest absolute Gasteiger partial charge is 0.270 e. The molecular weight excluding hydrogens is 272 g/mol. The Morgan fingerprint density at radius 3 is 2.74 bits per heavy atom. The Morgan fingerprint density at radius 1 is 1.37 bits per heavy atom. The van der Waals surface area contributed by atoms with Crippen molar-refractivity contribution in [2.75, 3.05) is 26.8 Å². The number of ether oxygens (including phenoxy) is 1. The lowest BCUT2D eigenvalue weighted by Crippen LogP contribution is -2.38. The zero-order valence-corrected chi connectivity index (χ0v) is 11.5. The molecule has 2 amide bonds. The number of carbonyl (C=O) groups excluding carboxylic acids is 2. The van der Waals surface area contributed by atoms with Gasteiger partial charge in [-0.05, 0) is 24.6 Å². The third-order valence-corrected chi connectivity index (χ3v) is 2.27. The highest BCUT2D eigenvalue weighted by atomic mass is 35.5. The number of aryl methyl sites for hydroxylation is 1. The molecule has 2 N–H and O–H groups in total. The van der Waals surface area contributed by atoms with Crippen molar-refractivity contribution in [3.05, 3.63) is 22.7 Å². The van der Waals surface area contributed by atoms with Gasteiger partial charge < -0.3 is 15.4 Å². The number of rotatable bonds is 6. The number of halogens is 1. The first-order valence-electron chi connectivity index (χ1n) is 5.58. The van der Waals surface area contributed by atoms with Crippen LogP contribution in [0.5, 0.6) is 0 Å². The van der Waals surface area contributed by atoms with E-state index >= 15 is 0 Å². The Morgan fingerprint density at radius 2 is 2.11 bits per heavy atom. The zero-order chi connectivity index (χ0) is 14.3. The lowest BCUT2D eigenvalue weighted by Gasteiger charge is -2.06. The molecule has 1 aromatic heterocycles. The van der Waals surface area contributed by atoms with Crippen molar-refractivity contribution in [1.82, 2.24) is 20.6 Å². The minimum atomic E-state index is -0.478. The molecular formula is C11H15ClN4O3. The first-order valence-corrected chi connectivity index (χ1v) is 5.95. The minimum absolute atomic E-state index is 0.00491. The van der Waals surface area contributed by atoms with Crippen LogP contribution in [0.25, 0.3) is 0 Å². The lowest BCUT2D eigenvalue weighted by molar-refractivity contribution is -0.120. The maximum atomic E-state index is 11.7. The van der Waals surface area contributed by atoms with Gasteiger partial charge in [-0.1, -0.05) is 0 Å². The van der Waals surface area contributed by atoms with Crippen LogP contribution in [0.2, 0.25) is 5.28 Å². The Kier molecular flexibility index (Phi) is 6.17. The summed E-state index contributed by atoms with van der Waals surface area (Å²) in [5.74, 6) is -0.781. The third-order valence-electron chi connectivity index (χ3n) is 2.10. The minimum Gasteiger partial charge on any atom is -0.383 e. The van der Waals surface area contributed by atoms with Gasteiger partial charge in [0.2, 0.25) is 11.2 Å². The van der Waals surface area contributed by atoms with Crippen LogP contribution in [-0.2, 0) is 9.53 Å². The summed E-state index contributed by atoms with van der Waals surface area (Å²) in [5, 5.41) is 5.01. The van der Waals surface area contributed by atoms with Gasteiger partial charge in [0.05, 0.1) is 13.2 Å². The molecule has 1 heterocycles. The number of methoxy groups -OCH3 is 1. The second-order valence-corrected chi connectivity index (χ2v) is 4.03. The zero-order valence-electron chi connectivity index (χ0n) is 10.7. The number of hydrogen-bond donors (Lipinski definition) is 2. The molecule has 19 heavy (non-hydrogen) atoms. The van der Waals surface area contributed by atoms with Crippen molar-refractivity contribution in [1.29, 1.82) is 0 Å². The molecule has 0 aliphatic heterocycles. The van der Waals surface area contributed by atoms with Crippen LogP contribution in [0.1, 0.15) is 16.2 Å². The normalized spacial score (nSPS) is 10.1. The number of carbonyl (C=O) groups is 2. The van der Waals surface area contributed by atoms with E-state index in [4.69, 9.17) is 16.3 Å². The molecule has 0 saturated carbocycles. The van der Waals surface area contributed by atoms with Crippen LogP contribution in [0, 0.1) is 6.92 Å². The van der Waals surface area contributed by atoms with Gasteiger partial charge in [-0.3, -0.25) is 9.59 Å². The number of nitrogens with one attached hydrogen (secondary N) is 2. The van der Waals surface area contributed by atoms with Crippen molar-refractivity contribution >= 4 is 23.4 Å². The predicted octanol–water partition coefficient (Wildman–Crippen LogP) is -0.0692. The van der Waals surface area contributed by atoms with Crippen LogP contribution in [0.3, 0.4) is 0 Å². The lowest BCUT2D eigenvalue weighted by atomic mass is 10.3. The molecule has 0 aromatic carbocycles. The van der Waals surface area contributed by atoms with Gasteiger partial charge in [-0.15, -0.1) is 0 Å². The molecule has 0 saturated heterocycles. The predicted molar refractivity (Wildman–Crippen MR) is 69.0 cm³/mol. The van der Waals surface area contributed by atoms with Crippen LogP contribution in [-0.4, -0.2) is 48.6 Å². The van der Waals surface area contributed by atoms with E-state index < -0.39 is 5.91 Å². The van der Waals surface area contributed by atoms with Crippen molar-refractivity contribution in [2.24, 2.45) is 0 Å². The average molecular weight is 287 g/mol. The van der Waals surface area contributed by atoms with Crippen molar-refractivity contribution in [3.8, 4) is 0 Å². The van der Waals surface area contributed by atoms with E-state index in [9.17, 15) is 9.59 Å². The number of aromatic nitrogens is 2. The molecule has 104 valence electrons. The van der Waals surface area contributed by atoms with Gasteiger partial charge in [0, 0.05) is 19.3 Å². The fourth-order valence-electron chi connectivity index (χ4n) is 1.25. The van der Waals surface area contributed by atoms with Gasteiger partial charge >= 0.3 is 0 Å². The molecule has 0 aliphatic rings. The fraction of sp³-hybridized carbons (Fsp3) is 0.455. The fourth-order valence-corrected chi connectivity index (χ4v) is 1.48. The average Bonchev–Trinajstić information content (AvgIpc) is 2.35. The molecule has 1 rings (SSSR count). The highest BCUT2D eigenvalue weighted by Gasteiger charge is 2.11. The maximum absolute atomic E-state index is 11.7. The first kappa shape index (κ1) is 15.3. The topological polar surface area (TPSA) is 93.2 Å². The van der Waals surface area contributed by atoms with E-state index in [1.165, 1.54) is 13.2 Å². The molecule has 1 aromatic rings. The highest BCUT2D eigenvalue weighted by molar-refractivity contribution is 6.28. The second kappa shape index (κ2) is 7.65. The third kappa shape index (κ3) is 5.62. The molecule has 7 nitrogen and oxygen atoms in total. The quantitative estimate of drug-likeness (QED) is 0.564.